The first-order valence-electron chi connectivity index (χ1n) is 10.7. The quantitative estimate of drug-likeness (QED) is 0.414. The number of alkyl halides is 3. The highest BCUT2D eigenvalue weighted by Crippen LogP contribution is 2.59. The first-order chi connectivity index (χ1) is 16.6. The van der Waals surface area contributed by atoms with Crippen LogP contribution >= 0.6 is 10.8 Å². The lowest BCUT2D eigenvalue weighted by Crippen LogP contribution is -2.32. The van der Waals surface area contributed by atoms with Crippen molar-refractivity contribution >= 4 is 33.2 Å². The monoisotopic (exact) mass is 510 g/mol. The molecule has 0 spiro atoms. The standard InChI is InChI=1S/C21H21F3N6O4S/c22-21(23,24)11-29-9-13-7-14(1-2-17(13)35(29,32)33)27-19-18-15(3-5-26-20(18)31)30(28-19)16-10-34-6-4-12(16)8-25/h1-3,5,7,12,16,32-33H,4,6,9-11H2,(H,26,31)(H,27,28)/t12-,16+/m1/s1. The normalized spacial score (nSPS) is 23.1. The number of anilines is 2. The first-order valence-corrected chi connectivity index (χ1v) is 12.2. The van der Waals surface area contributed by atoms with E-state index < -0.39 is 35.1 Å². The minimum atomic E-state index is -4.59. The third-order valence-corrected chi connectivity index (χ3v) is 8.08. The maximum Gasteiger partial charge on any atom is 0.403 e. The maximum atomic E-state index is 12.9. The second-order valence-electron chi connectivity index (χ2n) is 8.41. The predicted octanol–water partition coefficient (Wildman–Crippen LogP) is 3.97. The Balaban J connectivity index is 1.51. The molecule has 1 saturated heterocycles. The Bertz CT molecular complexity index is 1380. The van der Waals surface area contributed by atoms with Crippen LogP contribution in [0.5, 0.6) is 0 Å². The van der Waals surface area contributed by atoms with Gasteiger partial charge in [-0.25, -0.2) is 0 Å². The number of benzene rings is 1. The predicted molar refractivity (Wildman–Crippen MR) is 121 cm³/mol. The lowest BCUT2D eigenvalue weighted by atomic mass is 9.96. The molecule has 4 N–H and O–H groups in total. The number of pyridine rings is 1. The summed E-state index contributed by atoms with van der Waals surface area (Å²) in [5.74, 6) is -0.162. The van der Waals surface area contributed by atoms with Crippen LogP contribution in [0, 0.1) is 17.2 Å². The van der Waals surface area contributed by atoms with Crippen molar-refractivity contribution in [2.24, 2.45) is 5.92 Å². The van der Waals surface area contributed by atoms with Gasteiger partial charge in [-0.15, -0.1) is 10.8 Å². The number of fused-ring (bicyclic) bond motifs is 2. The van der Waals surface area contributed by atoms with Gasteiger partial charge in [-0.1, -0.05) is 0 Å². The van der Waals surface area contributed by atoms with Gasteiger partial charge in [0.25, 0.3) is 5.56 Å². The van der Waals surface area contributed by atoms with Crippen molar-refractivity contribution in [2.75, 3.05) is 25.1 Å². The Morgan fingerprint density at radius 3 is 2.89 bits per heavy atom. The number of H-pyrrole nitrogens is 1. The van der Waals surface area contributed by atoms with E-state index >= 15 is 0 Å². The van der Waals surface area contributed by atoms with E-state index in [0.29, 0.717) is 34.1 Å². The third-order valence-electron chi connectivity index (χ3n) is 6.12. The van der Waals surface area contributed by atoms with E-state index in [2.05, 4.69) is 21.5 Å². The molecule has 14 heteroatoms. The van der Waals surface area contributed by atoms with Gasteiger partial charge in [0.15, 0.2) is 5.82 Å². The molecule has 0 aliphatic carbocycles. The minimum Gasteiger partial charge on any atom is -0.379 e. The summed E-state index contributed by atoms with van der Waals surface area (Å²) in [4.78, 5) is 15.3. The van der Waals surface area contributed by atoms with Crippen LogP contribution in [0.1, 0.15) is 18.0 Å². The van der Waals surface area contributed by atoms with Gasteiger partial charge in [0, 0.05) is 25.0 Å². The van der Waals surface area contributed by atoms with Crippen LogP contribution in [0.15, 0.2) is 40.2 Å². The summed E-state index contributed by atoms with van der Waals surface area (Å²) >= 11 is 0. The summed E-state index contributed by atoms with van der Waals surface area (Å²) in [6, 6.07) is 7.87. The number of nitrogens with one attached hydrogen (secondary N) is 2. The molecule has 0 unspecified atom stereocenters. The zero-order valence-corrected chi connectivity index (χ0v) is 18.9. The molecule has 35 heavy (non-hydrogen) atoms. The lowest BCUT2D eigenvalue weighted by molar-refractivity contribution is -0.137. The van der Waals surface area contributed by atoms with E-state index in [4.69, 9.17) is 4.74 Å². The smallest absolute Gasteiger partial charge is 0.379 e. The molecule has 0 bridgehead atoms. The van der Waals surface area contributed by atoms with Crippen LogP contribution in [0.25, 0.3) is 10.9 Å². The molecule has 5 rings (SSSR count). The molecule has 2 aliphatic heterocycles. The van der Waals surface area contributed by atoms with Crippen LogP contribution in [0.2, 0.25) is 0 Å². The highest BCUT2D eigenvalue weighted by Gasteiger charge is 2.42. The summed E-state index contributed by atoms with van der Waals surface area (Å²) in [5.41, 5.74) is 0.813. The van der Waals surface area contributed by atoms with Crippen LogP contribution in [-0.2, 0) is 11.3 Å². The van der Waals surface area contributed by atoms with Crippen LogP contribution in [0.4, 0.5) is 24.7 Å². The van der Waals surface area contributed by atoms with Crippen molar-refractivity contribution < 1.29 is 27.0 Å². The molecule has 0 amide bonds. The number of hydrogen-bond donors (Lipinski definition) is 4. The van der Waals surface area contributed by atoms with Crippen molar-refractivity contribution in [1.29, 1.82) is 5.26 Å². The number of hydrogen-bond acceptors (Lipinski definition) is 8. The van der Waals surface area contributed by atoms with Gasteiger partial charge >= 0.3 is 6.18 Å². The molecule has 0 saturated carbocycles. The van der Waals surface area contributed by atoms with Gasteiger partial charge in [-0.3, -0.25) is 18.6 Å². The number of nitrogens with zero attached hydrogens (tertiary/aromatic N) is 4. The van der Waals surface area contributed by atoms with E-state index in [0.717, 1.165) is 0 Å². The third kappa shape index (κ3) is 4.26. The van der Waals surface area contributed by atoms with E-state index in [-0.39, 0.29) is 35.2 Å². The van der Waals surface area contributed by atoms with Gasteiger partial charge in [0.2, 0.25) is 0 Å². The van der Waals surface area contributed by atoms with Gasteiger partial charge in [-0.2, -0.15) is 27.8 Å². The summed E-state index contributed by atoms with van der Waals surface area (Å²) in [6.07, 6.45) is -2.59. The van der Waals surface area contributed by atoms with Crippen molar-refractivity contribution in [3.8, 4) is 6.07 Å². The number of aromatic amines is 1. The van der Waals surface area contributed by atoms with E-state index in [9.17, 15) is 32.3 Å². The topological polar surface area (TPSA) is 139 Å². The zero-order chi connectivity index (χ0) is 25.0. The van der Waals surface area contributed by atoms with E-state index in [1.807, 2.05) is 0 Å². The number of nitriles is 1. The fraction of sp³-hybridized carbons (Fsp3) is 0.381. The average molecular weight is 510 g/mol. The highest BCUT2D eigenvalue weighted by molar-refractivity contribution is 8.22. The molecule has 1 aromatic carbocycles. The fourth-order valence-electron chi connectivity index (χ4n) is 4.50. The second kappa shape index (κ2) is 8.54. The summed E-state index contributed by atoms with van der Waals surface area (Å²) in [6.45, 7) is -1.04. The molecule has 4 heterocycles. The molecule has 10 nitrogen and oxygen atoms in total. The number of ether oxygens (including phenoxy) is 1. The molecule has 2 aromatic heterocycles. The Morgan fingerprint density at radius 2 is 2.14 bits per heavy atom. The van der Waals surface area contributed by atoms with Crippen molar-refractivity contribution in [2.45, 2.75) is 30.1 Å². The summed E-state index contributed by atoms with van der Waals surface area (Å²) in [7, 11) is -3.76. The minimum absolute atomic E-state index is 0.0248. The molecular formula is C21H21F3N6O4S. The Kier molecular flexibility index (Phi) is 5.77. The van der Waals surface area contributed by atoms with Crippen molar-refractivity contribution in [3.05, 3.63) is 46.4 Å². The number of rotatable bonds is 4. The van der Waals surface area contributed by atoms with E-state index in [1.54, 1.807) is 10.7 Å². The van der Waals surface area contributed by atoms with Gasteiger partial charge in [0.1, 0.15) is 11.9 Å². The number of aromatic nitrogens is 3. The van der Waals surface area contributed by atoms with Crippen LogP contribution in [0.3, 0.4) is 0 Å². The van der Waals surface area contributed by atoms with Gasteiger partial charge < -0.3 is 15.0 Å². The molecule has 1 fully saturated rings. The first kappa shape index (κ1) is 23.6. The molecule has 0 radical (unpaired) electrons. The largest absolute Gasteiger partial charge is 0.403 e. The molecular weight excluding hydrogens is 489 g/mol. The maximum absolute atomic E-state index is 12.9. The average Bonchev–Trinajstić information content (AvgIpc) is 3.28. The zero-order valence-electron chi connectivity index (χ0n) is 18.1. The Labute approximate surface area is 198 Å². The van der Waals surface area contributed by atoms with E-state index in [1.165, 1.54) is 24.4 Å². The van der Waals surface area contributed by atoms with Crippen molar-refractivity contribution in [3.63, 3.8) is 0 Å². The van der Waals surface area contributed by atoms with Gasteiger partial charge in [-0.05, 0) is 36.2 Å². The second-order valence-corrected chi connectivity index (χ2v) is 10.4. The van der Waals surface area contributed by atoms with Crippen LogP contribution < -0.4 is 10.9 Å². The highest BCUT2D eigenvalue weighted by atomic mass is 32.3. The molecule has 2 aliphatic rings. The molecule has 2 atom stereocenters. The molecule has 3 aromatic rings. The molecule has 186 valence electrons. The Hall–Kier alpha value is -3.09. The SMILES string of the molecule is N#C[C@H]1CCOC[C@@H]1n1nc(Nc2ccc3c(c2)CN(CC(F)(F)F)S3(O)O)c2c(=O)[nH]ccc21. The van der Waals surface area contributed by atoms with Crippen LogP contribution in [-0.4, -0.2) is 54.1 Å². The summed E-state index contributed by atoms with van der Waals surface area (Å²) < 4.78 is 67.2. The van der Waals surface area contributed by atoms with Gasteiger partial charge in [0.05, 0.1) is 35.0 Å². The number of halogens is 3. The van der Waals surface area contributed by atoms with Crippen molar-refractivity contribution in [1.82, 2.24) is 19.1 Å². The fourth-order valence-corrected chi connectivity index (χ4v) is 6.15. The Morgan fingerprint density at radius 1 is 1.34 bits per heavy atom. The lowest BCUT2D eigenvalue weighted by Gasteiger charge is -2.37. The summed E-state index contributed by atoms with van der Waals surface area (Å²) in [5, 5.41) is 17.4.